The number of nitrogens with two attached hydrogens (primary N) is 1. The summed E-state index contributed by atoms with van der Waals surface area (Å²) in [6, 6.07) is 8.64. The summed E-state index contributed by atoms with van der Waals surface area (Å²) in [5.41, 5.74) is 10.4. The molecule has 8 heteroatoms. The second-order valence-electron chi connectivity index (χ2n) is 6.76. The number of nitrogens with zero attached hydrogens (tertiary/aromatic N) is 1. The summed E-state index contributed by atoms with van der Waals surface area (Å²) in [6.45, 7) is 2.45. The van der Waals surface area contributed by atoms with Crippen LogP contribution in [0.1, 0.15) is 45.4 Å². The van der Waals surface area contributed by atoms with E-state index in [0.717, 1.165) is 25.7 Å². The Kier molecular flexibility index (Phi) is 7.60. The van der Waals surface area contributed by atoms with Crippen molar-refractivity contribution in [3.8, 4) is 0 Å². The maximum absolute atomic E-state index is 13.0. The number of carbonyl (C=O) groups is 3. The average Bonchev–Trinajstić information content (AvgIpc) is 3.14. The van der Waals surface area contributed by atoms with Gasteiger partial charge >= 0.3 is 6.03 Å². The highest BCUT2D eigenvalue weighted by molar-refractivity contribution is 6.04. The van der Waals surface area contributed by atoms with Gasteiger partial charge in [-0.2, -0.15) is 0 Å². The number of unbranched alkanes of at least 4 members (excludes halogenated alkanes) is 1. The molecular formula is C19H29N5O3. The van der Waals surface area contributed by atoms with Gasteiger partial charge in [-0.3, -0.25) is 19.9 Å². The molecule has 1 aliphatic rings. The molecule has 0 aromatic heterocycles. The van der Waals surface area contributed by atoms with Crippen molar-refractivity contribution in [2.24, 2.45) is 5.73 Å². The molecule has 0 unspecified atom stereocenters. The van der Waals surface area contributed by atoms with Crippen molar-refractivity contribution < 1.29 is 14.4 Å². The molecule has 2 rings (SSSR count). The third-order valence-corrected chi connectivity index (χ3v) is 4.84. The fourth-order valence-corrected chi connectivity index (χ4v) is 3.45. The quantitative estimate of drug-likeness (QED) is 0.386. The second kappa shape index (κ2) is 9.91. The number of carbonyl (C=O) groups excluding carboxylic acids is 3. The molecule has 0 spiro atoms. The number of hydrazine groups is 1. The molecule has 0 saturated heterocycles. The second-order valence-corrected chi connectivity index (χ2v) is 6.76. The van der Waals surface area contributed by atoms with Crippen LogP contribution in [0.4, 0.5) is 10.5 Å². The van der Waals surface area contributed by atoms with Crippen LogP contribution in [0.2, 0.25) is 0 Å². The molecule has 27 heavy (non-hydrogen) atoms. The summed E-state index contributed by atoms with van der Waals surface area (Å²) >= 11 is 0. The Labute approximate surface area is 159 Å². The van der Waals surface area contributed by atoms with Crippen molar-refractivity contribution in [3.63, 3.8) is 0 Å². The zero-order valence-electron chi connectivity index (χ0n) is 15.8. The SMILES string of the molecule is CCCCNC(=O)NNCC(=O)N(c1ccccc1)C1(C(N)=O)CCCC1. The summed E-state index contributed by atoms with van der Waals surface area (Å²) in [6.07, 6.45) is 4.61. The van der Waals surface area contributed by atoms with Gasteiger partial charge < -0.3 is 11.1 Å². The van der Waals surface area contributed by atoms with E-state index in [1.807, 2.05) is 25.1 Å². The van der Waals surface area contributed by atoms with Gasteiger partial charge in [0.15, 0.2) is 0 Å². The lowest BCUT2D eigenvalue weighted by molar-refractivity contribution is -0.128. The van der Waals surface area contributed by atoms with Crippen molar-refractivity contribution in [1.82, 2.24) is 16.2 Å². The largest absolute Gasteiger partial charge is 0.368 e. The Morgan fingerprint density at radius 3 is 2.41 bits per heavy atom. The van der Waals surface area contributed by atoms with Crippen LogP contribution in [0.5, 0.6) is 0 Å². The molecule has 8 nitrogen and oxygen atoms in total. The van der Waals surface area contributed by atoms with Gasteiger partial charge in [0, 0.05) is 12.2 Å². The highest BCUT2D eigenvalue weighted by Gasteiger charge is 2.47. The number of hydrogen-bond acceptors (Lipinski definition) is 4. The van der Waals surface area contributed by atoms with Crippen LogP contribution >= 0.6 is 0 Å². The maximum atomic E-state index is 13.0. The Morgan fingerprint density at radius 2 is 1.81 bits per heavy atom. The lowest BCUT2D eigenvalue weighted by atomic mass is 9.93. The molecule has 0 radical (unpaired) electrons. The van der Waals surface area contributed by atoms with Gasteiger partial charge in [-0.15, -0.1) is 0 Å². The minimum absolute atomic E-state index is 0.148. The third-order valence-electron chi connectivity index (χ3n) is 4.84. The smallest absolute Gasteiger partial charge is 0.329 e. The number of primary amides is 1. The van der Waals surface area contributed by atoms with Gasteiger partial charge in [0.05, 0.1) is 6.54 Å². The standard InChI is InChI=1S/C19H29N5O3/c1-2-3-13-21-18(27)23-22-14-16(25)24(15-9-5-4-6-10-15)19(17(20)26)11-7-8-12-19/h4-6,9-10,22H,2-3,7-8,11-14H2,1H3,(H2,20,26)(H2,21,23,27). The maximum Gasteiger partial charge on any atom is 0.329 e. The summed E-state index contributed by atoms with van der Waals surface area (Å²) in [5, 5.41) is 2.69. The molecule has 5 N–H and O–H groups in total. The normalized spacial score (nSPS) is 15.1. The predicted octanol–water partition coefficient (Wildman–Crippen LogP) is 1.42. The summed E-state index contributed by atoms with van der Waals surface area (Å²) in [7, 11) is 0. The molecule has 0 heterocycles. The molecule has 0 aliphatic heterocycles. The molecule has 1 fully saturated rings. The number of rotatable bonds is 9. The van der Waals surface area contributed by atoms with E-state index in [-0.39, 0.29) is 12.5 Å². The van der Waals surface area contributed by atoms with Gasteiger partial charge in [0.25, 0.3) is 0 Å². The predicted molar refractivity (Wildman–Crippen MR) is 104 cm³/mol. The Morgan fingerprint density at radius 1 is 1.15 bits per heavy atom. The summed E-state index contributed by atoms with van der Waals surface area (Å²) in [4.78, 5) is 38.4. The van der Waals surface area contributed by atoms with Crippen LogP contribution in [0.15, 0.2) is 30.3 Å². The first-order valence-corrected chi connectivity index (χ1v) is 9.46. The Hall–Kier alpha value is -2.61. The first kappa shape index (κ1) is 20.7. The molecule has 0 atom stereocenters. The van der Waals surface area contributed by atoms with E-state index in [4.69, 9.17) is 5.73 Å². The van der Waals surface area contributed by atoms with Crippen molar-refractivity contribution >= 4 is 23.5 Å². The highest BCUT2D eigenvalue weighted by Crippen LogP contribution is 2.38. The number of benzene rings is 1. The van der Waals surface area contributed by atoms with Crippen LogP contribution in [-0.4, -0.2) is 36.5 Å². The van der Waals surface area contributed by atoms with Crippen LogP contribution in [-0.2, 0) is 9.59 Å². The van der Waals surface area contributed by atoms with Gasteiger partial charge in [0.2, 0.25) is 11.8 Å². The molecule has 4 amide bonds. The Bertz CT molecular complexity index is 644. The first-order chi connectivity index (χ1) is 13.0. The summed E-state index contributed by atoms with van der Waals surface area (Å²) < 4.78 is 0. The molecular weight excluding hydrogens is 346 g/mol. The molecule has 1 aromatic rings. The molecule has 1 saturated carbocycles. The summed E-state index contributed by atoms with van der Waals surface area (Å²) in [5.74, 6) is -0.821. The fraction of sp³-hybridized carbons (Fsp3) is 0.526. The van der Waals surface area contributed by atoms with E-state index in [2.05, 4.69) is 16.2 Å². The van der Waals surface area contributed by atoms with Gasteiger partial charge in [-0.25, -0.2) is 10.2 Å². The lowest BCUT2D eigenvalue weighted by Crippen LogP contribution is -2.61. The Balaban J connectivity index is 2.07. The fourth-order valence-electron chi connectivity index (χ4n) is 3.45. The average molecular weight is 375 g/mol. The number of amides is 4. The van der Waals surface area contributed by atoms with Crippen molar-refractivity contribution in [3.05, 3.63) is 30.3 Å². The van der Waals surface area contributed by atoms with Crippen molar-refractivity contribution in [2.45, 2.75) is 51.0 Å². The van der Waals surface area contributed by atoms with E-state index in [1.54, 1.807) is 12.1 Å². The van der Waals surface area contributed by atoms with Crippen LogP contribution < -0.4 is 26.8 Å². The number of nitrogens with one attached hydrogen (secondary N) is 3. The van der Waals surface area contributed by atoms with Gasteiger partial charge in [0.1, 0.15) is 5.54 Å². The van der Waals surface area contributed by atoms with E-state index in [1.165, 1.54) is 4.90 Å². The number of urea groups is 1. The third kappa shape index (κ3) is 5.19. The molecule has 1 aromatic carbocycles. The van der Waals surface area contributed by atoms with E-state index in [9.17, 15) is 14.4 Å². The molecule has 1 aliphatic carbocycles. The zero-order valence-corrected chi connectivity index (χ0v) is 15.8. The van der Waals surface area contributed by atoms with E-state index < -0.39 is 17.5 Å². The lowest BCUT2D eigenvalue weighted by Gasteiger charge is -2.39. The van der Waals surface area contributed by atoms with Crippen molar-refractivity contribution in [1.29, 1.82) is 0 Å². The molecule has 0 bridgehead atoms. The minimum atomic E-state index is -1.02. The van der Waals surface area contributed by atoms with Crippen LogP contribution in [0.25, 0.3) is 0 Å². The first-order valence-electron chi connectivity index (χ1n) is 9.46. The number of hydrogen-bond donors (Lipinski definition) is 4. The molecule has 148 valence electrons. The van der Waals surface area contributed by atoms with E-state index in [0.29, 0.717) is 25.1 Å². The minimum Gasteiger partial charge on any atom is -0.368 e. The van der Waals surface area contributed by atoms with E-state index >= 15 is 0 Å². The zero-order chi connectivity index (χ0) is 19.7. The number of anilines is 1. The van der Waals surface area contributed by atoms with Gasteiger partial charge in [-0.05, 0) is 31.4 Å². The highest BCUT2D eigenvalue weighted by atomic mass is 16.2. The monoisotopic (exact) mass is 375 g/mol. The van der Waals surface area contributed by atoms with Crippen LogP contribution in [0, 0.1) is 0 Å². The topological polar surface area (TPSA) is 117 Å². The van der Waals surface area contributed by atoms with Crippen molar-refractivity contribution in [2.75, 3.05) is 18.0 Å². The van der Waals surface area contributed by atoms with Crippen LogP contribution in [0.3, 0.4) is 0 Å². The van der Waals surface area contributed by atoms with Gasteiger partial charge in [-0.1, -0.05) is 44.4 Å². The number of para-hydroxylation sites is 1.